The number of benzene rings is 1. The lowest BCUT2D eigenvalue weighted by Gasteiger charge is -2.23. The molecule has 0 atom stereocenters. The lowest BCUT2D eigenvalue weighted by molar-refractivity contribution is -0.116. The Morgan fingerprint density at radius 2 is 2.20 bits per heavy atom. The monoisotopic (exact) mass is 271 g/mol. The summed E-state index contributed by atoms with van der Waals surface area (Å²) in [4.78, 5) is 12.7. The van der Waals surface area contributed by atoms with E-state index in [4.69, 9.17) is 11.5 Å². The second kappa shape index (κ2) is 5.02. The molecule has 82 valence electrons. The molecular weight excluding hydrogens is 258 g/mol. The van der Waals surface area contributed by atoms with E-state index in [1.165, 1.54) is 0 Å². The number of primary amides is 1. The number of rotatable bonds is 4. The van der Waals surface area contributed by atoms with Crippen LogP contribution >= 0.6 is 15.9 Å². The highest BCUT2D eigenvalue weighted by molar-refractivity contribution is 9.10. The number of likely N-dealkylation sites (N-methyl/N-ethyl adjacent to an activating group) is 1. The van der Waals surface area contributed by atoms with E-state index in [-0.39, 0.29) is 12.5 Å². The topological polar surface area (TPSA) is 72.3 Å². The average molecular weight is 272 g/mol. The van der Waals surface area contributed by atoms with Gasteiger partial charge in [0.25, 0.3) is 0 Å². The van der Waals surface area contributed by atoms with Gasteiger partial charge in [-0.3, -0.25) is 4.79 Å². The number of carbonyl (C=O) groups excluding carboxylic acids is 1. The molecule has 0 radical (unpaired) electrons. The van der Waals surface area contributed by atoms with Gasteiger partial charge in [-0.1, -0.05) is 15.9 Å². The summed E-state index contributed by atoms with van der Waals surface area (Å²) in [5, 5.41) is 0. The standard InChI is InChI=1S/C10H14BrN3O/c1-2-14(6-10(13)15)9-5-7(11)3-4-8(9)12/h3-5H,2,6,12H2,1H3,(H2,13,15). The molecule has 1 rings (SSSR count). The van der Waals surface area contributed by atoms with Crippen molar-refractivity contribution in [1.29, 1.82) is 0 Å². The molecule has 0 unspecified atom stereocenters. The van der Waals surface area contributed by atoms with Crippen LogP contribution in [0.2, 0.25) is 0 Å². The van der Waals surface area contributed by atoms with Gasteiger partial charge < -0.3 is 16.4 Å². The van der Waals surface area contributed by atoms with Crippen LogP contribution in [-0.2, 0) is 4.79 Å². The van der Waals surface area contributed by atoms with Gasteiger partial charge in [-0.15, -0.1) is 0 Å². The van der Waals surface area contributed by atoms with Crippen molar-refractivity contribution in [3.05, 3.63) is 22.7 Å². The summed E-state index contributed by atoms with van der Waals surface area (Å²) >= 11 is 3.36. The van der Waals surface area contributed by atoms with Crippen molar-refractivity contribution in [2.24, 2.45) is 5.73 Å². The number of nitrogens with two attached hydrogens (primary N) is 2. The molecule has 0 aliphatic rings. The van der Waals surface area contributed by atoms with Gasteiger partial charge in [-0.05, 0) is 25.1 Å². The molecule has 4 nitrogen and oxygen atoms in total. The fraction of sp³-hybridized carbons (Fsp3) is 0.300. The molecule has 0 saturated carbocycles. The maximum atomic E-state index is 10.9. The van der Waals surface area contributed by atoms with Gasteiger partial charge in [0.2, 0.25) is 5.91 Å². The largest absolute Gasteiger partial charge is 0.397 e. The smallest absolute Gasteiger partial charge is 0.236 e. The summed E-state index contributed by atoms with van der Waals surface area (Å²) in [5.41, 5.74) is 12.5. The minimum Gasteiger partial charge on any atom is -0.397 e. The van der Waals surface area contributed by atoms with Crippen LogP contribution < -0.4 is 16.4 Å². The Hall–Kier alpha value is -1.23. The molecule has 0 saturated heterocycles. The van der Waals surface area contributed by atoms with E-state index in [1.807, 2.05) is 24.0 Å². The van der Waals surface area contributed by atoms with Crippen molar-refractivity contribution in [1.82, 2.24) is 0 Å². The molecule has 0 spiro atoms. The predicted octanol–water partition coefficient (Wildman–Crippen LogP) is 1.34. The first kappa shape index (κ1) is 11.8. The quantitative estimate of drug-likeness (QED) is 0.812. The van der Waals surface area contributed by atoms with E-state index in [1.54, 1.807) is 6.07 Å². The third kappa shape index (κ3) is 3.13. The van der Waals surface area contributed by atoms with Crippen molar-refractivity contribution < 1.29 is 4.79 Å². The minimum absolute atomic E-state index is 0.178. The van der Waals surface area contributed by atoms with Gasteiger partial charge >= 0.3 is 0 Å². The Balaban J connectivity index is 3.00. The first-order valence-corrected chi connectivity index (χ1v) is 5.42. The molecule has 0 aliphatic heterocycles. The van der Waals surface area contributed by atoms with Crippen molar-refractivity contribution in [2.75, 3.05) is 23.7 Å². The van der Waals surface area contributed by atoms with Crippen LogP contribution in [-0.4, -0.2) is 19.0 Å². The van der Waals surface area contributed by atoms with Gasteiger partial charge in [0, 0.05) is 11.0 Å². The number of anilines is 2. The van der Waals surface area contributed by atoms with Crippen LogP contribution in [0.5, 0.6) is 0 Å². The zero-order chi connectivity index (χ0) is 11.4. The molecule has 5 heteroatoms. The van der Waals surface area contributed by atoms with Crippen LogP contribution in [0.15, 0.2) is 22.7 Å². The van der Waals surface area contributed by atoms with Crippen LogP contribution in [0.1, 0.15) is 6.92 Å². The highest BCUT2D eigenvalue weighted by Crippen LogP contribution is 2.26. The molecule has 0 aromatic heterocycles. The van der Waals surface area contributed by atoms with Crippen molar-refractivity contribution >= 4 is 33.2 Å². The maximum Gasteiger partial charge on any atom is 0.236 e. The summed E-state index contributed by atoms with van der Waals surface area (Å²) in [5.74, 6) is -0.365. The van der Waals surface area contributed by atoms with E-state index in [2.05, 4.69) is 15.9 Å². The highest BCUT2D eigenvalue weighted by Gasteiger charge is 2.10. The van der Waals surface area contributed by atoms with Crippen LogP contribution in [0, 0.1) is 0 Å². The Morgan fingerprint density at radius 3 is 2.73 bits per heavy atom. The minimum atomic E-state index is -0.365. The Kier molecular flexibility index (Phi) is 3.96. The molecule has 1 aromatic rings. The van der Waals surface area contributed by atoms with Crippen LogP contribution in [0.25, 0.3) is 0 Å². The molecule has 1 amide bonds. The first-order valence-electron chi connectivity index (χ1n) is 4.63. The zero-order valence-electron chi connectivity index (χ0n) is 8.53. The summed E-state index contributed by atoms with van der Waals surface area (Å²) in [6.07, 6.45) is 0. The van der Waals surface area contributed by atoms with Crippen LogP contribution in [0.3, 0.4) is 0 Å². The number of nitrogen functional groups attached to an aromatic ring is 1. The molecule has 4 N–H and O–H groups in total. The normalized spacial score (nSPS) is 10.0. The summed E-state index contributed by atoms with van der Waals surface area (Å²) < 4.78 is 0.926. The predicted molar refractivity (Wildman–Crippen MR) is 65.6 cm³/mol. The Morgan fingerprint density at radius 1 is 1.53 bits per heavy atom. The third-order valence-electron chi connectivity index (χ3n) is 2.06. The number of hydrogen-bond acceptors (Lipinski definition) is 3. The number of nitrogens with zero attached hydrogens (tertiary/aromatic N) is 1. The second-order valence-corrected chi connectivity index (χ2v) is 4.10. The second-order valence-electron chi connectivity index (χ2n) is 3.18. The molecule has 15 heavy (non-hydrogen) atoms. The average Bonchev–Trinajstić information content (AvgIpc) is 2.18. The lowest BCUT2D eigenvalue weighted by atomic mass is 10.2. The molecule has 0 aliphatic carbocycles. The van der Waals surface area contributed by atoms with Gasteiger partial charge in [0.15, 0.2) is 0 Å². The number of amides is 1. The van der Waals surface area contributed by atoms with Gasteiger partial charge in [-0.2, -0.15) is 0 Å². The number of halogens is 1. The van der Waals surface area contributed by atoms with E-state index in [0.29, 0.717) is 12.2 Å². The zero-order valence-corrected chi connectivity index (χ0v) is 10.1. The van der Waals surface area contributed by atoms with E-state index in [9.17, 15) is 4.79 Å². The molecule has 0 heterocycles. The molecule has 0 fully saturated rings. The summed E-state index contributed by atoms with van der Waals surface area (Å²) in [7, 11) is 0. The van der Waals surface area contributed by atoms with Gasteiger partial charge in [-0.25, -0.2) is 0 Å². The summed E-state index contributed by atoms with van der Waals surface area (Å²) in [6.45, 7) is 2.81. The lowest BCUT2D eigenvalue weighted by Crippen LogP contribution is -2.34. The SMILES string of the molecule is CCN(CC(N)=O)c1cc(Br)ccc1N. The molecule has 1 aromatic carbocycles. The summed E-state index contributed by atoms with van der Waals surface area (Å²) in [6, 6.07) is 5.53. The molecular formula is C10H14BrN3O. The van der Waals surface area contributed by atoms with Crippen LogP contribution in [0.4, 0.5) is 11.4 Å². The highest BCUT2D eigenvalue weighted by atomic mass is 79.9. The van der Waals surface area contributed by atoms with E-state index in [0.717, 1.165) is 10.2 Å². The van der Waals surface area contributed by atoms with Gasteiger partial charge in [0.05, 0.1) is 17.9 Å². The Bertz CT molecular complexity index is 368. The molecule has 0 bridgehead atoms. The first-order chi connectivity index (χ1) is 7.04. The van der Waals surface area contributed by atoms with E-state index >= 15 is 0 Å². The van der Waals surface area contributed by atoms with E-state index < -0.39 is 0 Å². The van der Waals surface area contributed by atoms with Crippen molar-refractivity contribution in [3.8, 4) is 0 Å². The van der Waals surface area contributed by atoms with Crippen molar-refractivity contribution in [3.63, 3.8) is 0 Å². The van der Waals surface area contributed by atoms with Gasteiger partial charge in [0.1, 0.15) is 0 Å². The fourth-order valence-corrected chi connectivity index (χ4v) is 1.70. The van der Waals surface area contributed by atoms with Crippen molar-refractivity contribution in [2.45, 2.75) is 6.92 Å². The third-order valence-corrected chi connectivity index (χ3v) is 2.55. The number of carbonyl (C=O) groups is 1. The number of hydrogen-bond donors (Lipinski definition) is 2. The maximum absolute atomic E-state index is 10.9. The fourth-order valence-electron chi connectivity index (χ4n) is 1.35. The Labute approximate surface area is 97.4 Å².